The maximum Gasteiger partial charge on any atom is 0.165 e. The molecule has 1 aromatic rings. The van der Waals surface area contributed by atoms with E-state index >= 15 is 0 Å². The number of para-hydroxylation sites is 1. The molecule has 0 atom stereocenters. The van der Waals surface area contributed by atoms with Gasteiger partial charge in [0, 0.05) is 0 Å². The first kappa shape index (κ1) is 9.50. The molecular formula is C12H15FO. The molecule has 0 bridgehead atoms. The summed E-state index contributed by atoms with van der Waals surface area (Å²) in [5, 5.41) is 0. The van der Waals surface area contributed by atoms with E-state index in [1.54, 1.807) is 6.07 Å². The lowest BCUT2D eigenvalue weighted by atomic mass is 10.0. The van der Waals surface area contributed by atoms with Crippen molar-refractivity contribution in [1.29, 1.82) is 0 Å². The molecule has 0 N–H and O–H groups in total. The maximum atomic E-state index is 13.5. The molecule has 0 aliphatic heterocycles. The second-order valence-electron chi connectivity index (χ2n) is 4.13. The van der Waals surface area contributed by atoms with Gasteiger partial charge in [0.25, 0.3) is 0 Å². The number of rotatable bonds is 3. The van der Waals surface area contributed by atoms with Crippen molar-refractivity contribution < 1.29 is 9.13 Å². The number of halogens is 1. The van der Waals surface area contributed by atoms with E-state index in [0.29, 0.717) is 11.7 Å². The van der Waals surface area contributed by atoms with Crippen LogP contribution in [0.2, 0.25) is 0 Å². The minimum absolute atomic E-state index is 0.233. The van der Waals surface area contributed by atoms with Gasteiger partial charge in [-0.3, -0.25) is 0 Å². The van der Waals surface area contributed by atoms with E-state index in [1.165, 1.54) is 6.07 Å². The van der Waals surface area contributed by atoms with Crippen molar-refractivity contribution in [3.63, 3.8) is 0 Å². The molecule has 2 rings (SSSR count). The summed E-state index contributed by atoms with van der Waals surface area (Å²) in [6.45, 7) is 4.10. The molecule has 1 aliphatic rings. The second-order valence-corrected chi connectivity index (χ2v) is 4.13. The van der Waals surface area contributed by atoms with Crippen LogP contribution in [0.3, 0.4) is 0 Å². The minimum Gasteiger partial charge on any atom is -0.487 e. The highest BCUT2D eigenvalue weighted by Crippen LogP contribution is 2.34. The lowest BCUT2D eigenvalue weighted by Crippen LogP contribution is -2.03. The summed E-state index contributed by atoms with van der Waals surface area (Å²) >= 11 is 0. The first-order chi connectivity index (χ1) is 6.68. The van der Waals surface area contributed by atoms with E-state index in [2.05, 4.69) is 13.8 Å². The molecule has 0 unspecified atom stereocenters. The topological polar surface area (TPSA) is 9.23 Å². The Morgan fingerprint density at radius 2 is 2.07 bits per heavy atom. The highest BCUT2D eigenvalue weighted by atomic mass is 19.1. The van der Waals surface area contributed by atoms with Crippen molar-refractivity contribution in [3.05, 3.63) is 29.6 Å². The quantitative estimate of drug-likeness (QED) is 0.715. The molecular weight excluding hydrogens is 179 g/mol. The molecule has 0 amide bonds. The van der Waals surface area contributed by atoms with E-state index in [-0.39, 0.29) is 11.9 Å². The first-order valence-electron chi connectivity index (χ1n) is 5.13. The fraction of sp³-hybridized carbons (Fsp3) is 0.500. The van der Waals surface area contributed by atoms with Gasteiger partial charge in [0.15, 0.2) is 11.6 Å². The third-order valence-corrected chi connectivity index (χ3v) is 2.43. The average molecular weight is 194 g/mol. The van der Waals surface area contributed by atoms with Crippen LogP contribution >= 0.6 is 0 Å². The van der Waals surface area contributed by atoms with Gasteiger partial charge in [-0.15, -0.1) is 0 Å². The van der Waals surface area contributed by atoms with Crippen molar-refractivity contribution in [2.75, 3.05) is 0 Å². The van der Waals surface area contributed by atoms with E-state index in [0.717, 1.165) is 18.4 Å². The monoisotopic (exact) mass is 194 g/mol. The lowest BCUT2D eigenvalue weighted by molar-refractivity contribution is 0.283. The van der Waals surface area contributed by atoms with Crippen molar-refractivity contribution >= 4 is 0 Å². The van der Waals surface area contributed by atoms with Gasteiger partial charge in [0.2, 0.25) is 0 Å². The van der Waals surface area contributed by atoms with Crippen LogP contribution in [0.1, 0.15) is 38.2 Å². The Hall–Kier alpha value is -1.05. The first-order valence-corrected chi connectivity index (χ1v) is 5.13. The van der Waals surface area contributed by atoms with Gasteiger partial charge >= 0.3 is 0 Å². The highest BCUT2D eigenvalue weighted by Gasteiger charge is 2.26. The van der Waals surface area contributed by atoms with E-state index in [4.69, 9.17) is 4.74 Å². The number of hydrogen-bond acceptors (Lipinski definition) is 1. The maximum absolute atomic E-state index is 13.5. The molecule has 1 fully saturated rings. The molecule has 0 radical (unpaired) electrons. The standard InChI is InChI=1S/C12H15FO/c1-8(2)10-4-3-5-11(13)12(10)14-9-6-7-9/h3-5,8-9H,6-7H2,1-2H3. The summed E-state index contributed by atoms with van der Waals surface area (Å²) in [7, 11) is 0. The Bertz CT molecular complexity index is 329. The third-order valence-electron chi connectivity index (χ3n) is 2.43. The molecule has 1 aliphatic carbocycles. The summed E-state index contributed by atoms with van der Waals surface area (Å²) in [4.78, 5) is 0. The van der Waals surface area contributed by atoms with Crippen LogP contribution in [0, 0.1) is 5.82 Å². The van der Waals surface area contributed by atoms with Gasteiger partial charge in [-0.1, -0.05) is 26.0 Å². The number of hydrogen-bond donors (Lipinski definition) is 0. The van der Waals surface area contributed by atoms with Crippen molar-refractivity contribution in [2.24, 2.45) is 0 Å². The zero-order valence-electron chi connectivity index (χ0n) is 8.59. The van der Waals surface area contributed by atoms with Crippen LogP contribution in [0.4, 0.5) is 4.39 Å². The van der Waals surface area contributed by atoms with Gasteiger partial charge in [-0.2, -0.15) is 0 Å². The van der Waals surface area contributed by atoms with Gasteiger partial charge in [-0.25, -0.2) is 4.39 Å². The van der Waals surface area contributed by atoms with E-state index < -0.39 is 0 Å². The molecule has 14 heavy (non-hydrogen) atoms. The van der Waals surface area contributed by atoms with Gasteiger partial charge < -0.3 is 4.74 Å². The largest absolute Gasteiger partial charge is 0.487 e. The van der Waals surface area contributed by atoms with Crippen molar-refractivity contribution in [1.82, 2.24) is 0 Å². The van der Waals surface area contributed by atoms with Crippen molar-refractivity contribution in [2.45, 2.75) is 38.7 Å². The fourth-order valence-electron chi connectivity index (χ4n) is 1.46. The van der Waals surface area contributed by atoms with Crippen LogP contribution in [0.15, 0.2) is 18.2 Å². The average Bonchev–Trinajstić information content (AvgIpc) is 2.91. The normalized spacial score (nSPS) is 16.0. The van der Waals surface area contributed by atoms with Crippen LogP contribution in [0.5, 0.6) is 5.75 Å². The summed E-state index contributed by atoms with van der Waals surface area (Å²) < 4.78 is 19.0. The smallest absolute Gasteiger partial charge is 0.165 e. The Morgan fingerprint density at radius 1 is 1.36 bits per heavy atom. The Morgan fingerprint density at radius 3 is 2.64 bits per heavy atom. The van der Waals surface area contributed by atoms with Crippen LogP contribution in [-0.2, 0) is 0 Å². The predicted molar refractivity (Wildman–Crippen MR) is 54.1 cm³/mol. The molecule has 0 spiro atoms. The third kappa shape index (κ3) is 1.89. The number of ether oxygens (including phenoxy) is 1. The Balaban J connectivity index is 2.31. The summed E-state index contributed by atoms with van der Waals surface area (Å²) in [5.74, 6) is 0.535. The van der Waals surface area contributed by atoms with Gasteiger partial charge in [0.1, 0.15) is 0 Å². The molecule has 1 nitrogen and oxygen atoms in total. The van der Waals surface area contributed by atoms with Crippen LogP contribution < -0.4 is 4.74 Å². The van der Waals surface area contributed by atoms with E-state index in [1.807, 2.05) is 6.07 Å². The molecule has 0 heterocycles. The predicted octanol–water partition coefficient (Wildman–Crippen LogP) is 3.49. The minimum atomic E-state index is -0.233. The molecule has 0 aromatic heterocycles. The lowest BCUT2D eigenvalue weighted by Gasteiger charge is -2.13. The van der Waals surface area contributed by atoms with Crippen LogP contribution in [-0.4, -0.2) is 6.10 Å². The highest BCUT2D eigenvalue weighted by molar-refractivity contribution is 5.37. The van der Waals surface area contributed by atoms with Gasteiger partial charge in [-0.05, 0) is 30.4 Å². The van der Waals surface area contributed by atoms with Gasteiger partial charge in [0.05, 0.1) is 6.10 Å². The Kier molecular flexibility index (Phi) is 2.44. The molecule has 0 saturated heterocycles. The zero-order valence-corrected chi connectivity index (χ0v) is 8.59. The second kappa shape index (κ2) is 3.60. The molecule has 1 saturated carbocycles. The summed E-state index contributed by atoms with van der Waals surface area (Å²) in [5.41, 5.74) is 0.969. The van der Waals surface area contributed by atoms with Crippen LogP contribution in [0.25, 0.3) is 0 Å². The molecule has 76 valence electrons. The molecule has 2 heteroatoms. The van der Waals surface area contributed by atoms with Crippen molar-refractivity contribution in [3.8, 4) is 5.75 Å². The fourth-order valence-corrected chi connectivity index (χ4v) is 1.46. The Labute approximate surface area is 83.9 Å². The summed E-state index contributed by atoms with van der Waals surface area (Å²) in [6.07, 6.45) is 2.38. The number of benzene rings is 1. The zero-order chi connectivity index (χ0) is 10.1. The summed E-state index contributed by atoms with van der Waals surface area (Å²) in [6, 6.07) is 5.14. The van der Waals surface area contributed by atoms with E-state index in [9.17, 15) is 4.39 Å². The SMILES string of the molecule is CC(C)c1cccc(F)c1OC1CC1. The molecule has 1 aromatic carbocycles.